The molecular weight excluding hydrogens is 300 g/mol. The van der Waals surface area contributed by atoms with Crippen LogP contribution in [-0.2, 0) is 0 Å². The molecule has 0 aliphatic carbocycles. The maximum atomic E-state index is 2.34. The molecule has 5 aromatic rings. The van der Waals surface area contributed by atoms with E-state index in [9.17, 15) is 0 Å². The quantitative estimate of drug-likeness (QED) is 0.289. The Hall–Kier alpha value is -3.12. The van der Waals surface area contributed by atoms with E-state index >= 15 is 0 Å². The van der Waals surface area contributed by atoms with E-state index in [1.54, 1.807) is 0 Å². The van der Waals surface area contributed by atoms with Crippen LogP contribution in [0.3, 0.4) is 0 Å². The average Bonchev–Trinajstić information content (AvgIpc) is 2.65. The Morgan fingerprint density at radius 3 is 1.80 bits per heavy atom. The smallest absolute Gasteiger partial charge is 0.00990 e. The number of fused-ring (bicyclic) bond motifs is 3. The van der Waals surface area contributed by atoms with Gasteiger partial charge in [0, 0.05) is 0 Å². The van der Waals surface area contributed by atoms with Crippen LogP contribution in [0.4, 0.5) is 0 Å². The molecule has 0 radical (unpaired) electrons. The molecular formula is C25H18. The van der Waals surface area contributed by atoms with Gasteiger partial charge in [-0.05, 0) is 74.6 Å². The van der Waals surface area contributed by atoms with Crippen molar-refractivity contribution in [3.8, 4) is 11.1 Å². The molecule has 0 saturated carbocycles. The molecule has 0 nitrogen and oxygen atoms in total. The van der Waals surface area contributed by atoms with Gasteiger partial charge in [0.15, 0.2) is 0 Å². The number of benzene rings is 5. The predicted molar refractivity (Wildman–Crippen MR) is 109 cm³/mol. The minimum atomic E-state index is 1.27. The fourth-order valence-electron chi connectivity index (χ4n) is 3.70. The van der Waals surface area contributed by atoms with Crippen LogP contribution in [0.1, 0.15) is 5.56 Å². The summed E-state index contributed by atoms with van der Waals surface area (Å²) in [6, 6.07) is 33.2. The first-order chi connectivity index (χ1) is 12.3. The van der Waals surface area contributed by atoms with Crippen molar-refractivity contribution in [3.05, 3.63) is 96.6 Å². The Morgan fingerprint density at radius 1 is 0.480 bits per heavy atom. The third kappa shape index (κ3) is 2.38. The molecule has 118 valence electrons. The summed E-state index contributed by atoms with van der Waals surface area (Å²) < 4.78 is 0. The van der Waals surface area contributed by atoms with Gasteiger partial charge in [0.05, 0.1) is 0 Å². The summed E-state index contributed by atoms with van der Waals surface area (Å²) in [7, 11) is 0. The fraction of sp³-hybridized carbons (Fsp3) is 0.0400. The Bertz CT molecular complexity index is 1230. The highest BCUT2D eigenvalue weighted by atomic mass is 14.1. The molecule has 0 aliphatic heterocycles. The first kappa shape index (κ1) is 14.2. The number of hydrogen-bond donors (Lipinski definition) is 0. The normalized spacial score (nSPS) is 11.4. The predicted octanol–water partition coefficient (Wildman–Crippen LogP) is 7.12. The lowest BCUT2D eigenvalue weighted by atomic mass is 9.94. The highest BCUT2D eigenvalue weighted by Gasteiger charge is 2.06. The summed E-state index contributed by atoms with van der Waals surface area (Å²) in [6.45, 7) is 2.13. The minimum Gasteiger partial charge on any atom is -0.0616 e. The third-order valence-corrected chi connectivity index (χ3v) is 5.06. The van der Waals surface area contributed by atoms with Crippen LogP contribution in [-0.4, -0.2) is 0 Å². The van der Waals surface area contributed by atoms with E-state index < -0.39 is 0 Å². The Balaban J connectivity index is 1.83. The molecule has 0 N–H and O–H groups in total. The second-order valence-corrected chi connectivity index (χ2v) is 6.79. The summed E-state index contributed by atoms with van der Waals surface area (Å²) in [4.78, 5) is 0. The molecule has 0 saturated heterocycles. The van der Waals surface area contributed by atoms with Crippen molar-refractivity contribution in [1.29, 1.82) is 0 Å². The van der Waals surface area contributed by atoms with E-state index in [4.69, 9.17) is 0 Å². The molecule has 0 amide bonds. The van der Waals surface area contributed by atoms with Gasteiger partial charge in [-0.25, -0.2) is 0 Å². The van der Waals surface area contributed by atoms with E-state index in [0.29, 0.717) is 0 Å². The Kier molecular flexibility index (Phi) is 3.11. The van der Waals surface area contributed by atoms with E-state index in [2.05, 4.69) is 97.9 Å². The lowest BCUT2D eigenvalue weighted by Crippen LogP contribution is -1.84. The molecule has 0 spiro atoms. The maximum Gasteiger partial charge on any atom is -0.00990 e. The molecule has 0 aliphatic rings. The van der Waals surface area contributed by atoms with Crippen LogP contribution >= 0.6 is 0 Å². The van der Waals surface area contributed by atoms with Crippen LogP contribution in [0, 0.1) is 6.92 Å². The molecule has 5 aromatic carbocycles. The lowest BCUT2D eigenvalue weighted by molar-refractivity contribution is 1.47. The van der Waals surface area contributed by atoms with Crippen molar-refractivity contribution < 1.29 is 0 Å². The highest BCUT2D eigenvalue weighted by Crippen LogP contribution is 2.33. The molecule has 0 bridgehead atoms. The second kappa shape index (κ2) is 5.46. The first-order valence-corrected chi connectivity index (χ1v) is 8.70. The highest BCUT2D eigenvalue weighted by molar-refractivity contribution is 6.08. The maximum absolute atomic E-state index is 2.34. The summed E-state index contributed by atoms with van der Waals surface area (Å²) in [5.74, 6) is 0. The van der Waals surface area contributed by atoms with Gasteiger partial charge in [0.1, 0.15) is 0 Å². The number of hydrogen-bond acceptors (Lipinski definition) is 0. The molecule has 0 heteroatoms. The van der Waals surface area contributed by atoms with E-state index in [-0.39, 0.29) is 0 Å². The van der Waals surface area contributed by atoms with Gasteiger partial charge >= 0.3 is 0 Å². The summed E-state index contributed by atoms with van der Waals surface area (Å²) >= 11 is 0. The molecule has 0 atom stereocenters. The zero-order valence-corrected chi connectivity index (χ0v) is 14.2. The topological polar surface area (TPSA) is 0 Å². The molecule has 0 aromatic heterocycles. The van der Waals surface area contributed by atoms with E-state index in [0.717, 1.165) is 0 Å². The monoisotopic (exact) mass is 318 g/mol. The van der Waals surface area contributed by atoms with Gasteiger partial charge in [0.25, 0.3) is 0 Å². The van der Waals surface area contributed by atoms with Gasteiger partial charge in [-0.3, -0.25) is 0 Å². The van der Waals surface area contributed by atoms with Crippen molar-refractivity contribution >= 4 is 32.3 Å². The van der Waals surface area contributed by atoms with Gasteiger partial charge in [-0.2, -0.15) is 0 Å². The summed E-state index contributed by atoms with van der Waals surface area (Å²) in [5.41, 5.74) is 3.87. The Labute approximate surface area is 147 Å². The van der Waals surface area contributed by atoms with Gasteiger partial charge in [0.2, 0.25) is 0 Å². The molecule has 0 heterocycles. The van der Waals surface area contributed by atoms with Gasteiger partial charge in [-0.1, -0.05) is 72.3 Å². The molecule has 25 heavy (non-hydrogen) atoms. The summed E-state index contributed by atoms with van der Waals surface area (Å²) in [6.07, 6.45) is 0. The van der Waals surface area contributed by atoms with Crippen molar-refractivity contribution in [2.24, 2.45) is 0 Å². The van der Waals surface area contributed by atoms with Crippen LogP contribution in [0.25, 0.3) is 43.4 Å². The largest absolute Gasteiger partial charge is 0.0616 e. The third-order valence-electron chi connectivity index (χ3n) is 5.06. The van der Waals surface area contributed by atoms with Crippen LogP contribution in [0.2, 0.25) is 0 Å². The molecule has 5 rings (SSSR count). The first-order valence-electron chi connectivity index (χ1n) is 8.70. The number of rotatable bonds is 1. The number of aryl methyl sites for hydroxylation is 1. The van der Waals surface area contributed by atoms with E-state index in [1.165, 1.54) is 49.0 Å². The summed E-state index contributed by atoms with van der Waals surface area (Å²) in [5, 5.41) is 7.79. The lowest BCUT2D eigenvalue weighted by Gasteiger charge is -2.10. The van der Waals surface area contributed by atoms with Crippen LogP contribution in [0.5, 0.6) is 0 Å². The average molecular weight is 318 g/mol. The molecule has 0 unspecified atom stereocenters. The van der Waals surface area contributed by atoms with Crippen LogP contribution in [0.15, 0.2) is 91.0 Å². The second-order valence-electron chi connectivity index (χ2n) is 6.79. The zero-order valence-electron chi connectivity index (χ0n) is 14.2. The van der Waals surface area contributed by atoms with Gasteiger partial charge in [-0.15, -0.1) is 0 Å². The standard InChI is InChI=1S/C25H18/c1-17-9-11-18(12-10-17)24-8-4-7-21-15-22-13-19-5-2-3-6-20(19)14-23(22)16-25(21)24/h2-16H,1H3. The Morgan fingerprint density at radius 2 is 1.08 bits per heavy atom. The SMILES string of the molecule is Cc1ccc(-c2cccc3cc4cc5ccccc5cc4cc23)cc1. The van der Waals surface area contributed by atoms with Crippen LogP contribution < -0.4 is 0 Å². The minimum absolute atomic E-state index is 1.27. The zero-order chi connectivity index (χ0) is 16.8. The van der Waals surface area contributed by atoms with Crippen molar-refractivity contribution in [1.82, 2.24) is 0 Å². The van der Waals surface area contributed by atoms with Gasteiger partial charge < -0.3 is 0 Å². The van der Waals surface area contributed by atoms with Crippen molar-refractivity contribution in [3.63, 3.8) is 0 Å². The van der Waals surface area contributed by atoms with Crippen molar-refractivity contribution in [2.45, 2.75) is 6.92 Å². The van der Waals surface area contributed by atoms with Crippen molar-refractivity contribution in [2.75, 3.05) is 0 Å². The fourth-order valence-corrected chi connectivity index (χ4v) is 3.70. The van der Waals surface area contributed by atoms with E-state index in [1.807, 2.05) is 0 Å². The molecule has 0 fully saturated rings.